The minimum absolute atomic E-state index is 0.106. The number of rotatable bonds is 5. The highest BCUT2D eigenvalue weighted by molar-refractivity contribution is 5.86. The van der Waals surface area contributed by atoms with Crippen LogP contribution in [-0.4, -0.2) is 34.9 Å². The highest BCUT2D eigenvalue weighted by Crippen LogP contribution is 2.20. The van der Waals surface area contributed by atoms with Crippen LogP contribution in [0.25, 0.3) is 10.9 Å². The van der Waals surface area contributed by atoms with Gasteiger partial charge < -0.3 is 10.2 Å². The molecule has 1 N–H and O–H groups in total. The Balaban J connectivity index is 2.22. The lowest BCUT2D eigenvalue weighted by molar-refractivity contribution is -0.131. The number of likely N-dealkylation sites (N-methyl/N-ethyl adjacent to an activating group) is 1. The van der Waals surface area contributed by atoms with E-state index in [1.165, 1.54) is 0 Å². The fraction of sp³-hybridized carbons (Fsp3) is 0.412. The first-order valence-electron chi connectivity index (χ1n) is 7.48. The van der Waals surface area contributed by atoms with Crippen molar-refractivity contribution >= 4 is 22.6 Å². The molecule has 0 bridgehead atoms. The summed E-state index contributed by atoms with van der Waals surface area (Å²) in [5.74, 6) is 0.885. The quantitative estimate of drug-likeness (QED) is 0.917. The second-order valence-corrected chi connectivity index (χ2v) is 5.22. The van der Waals surface area contributed by atoms with Gasteiger partial charge in [-0.25, -0.2) is 4.98 Å². The Kier molecular flexibility index (Phi) is 4.78. The van der Waals surface area contributed by atoms with E-state index in [1.807, 2.05) is 56.9 Å². The minimum atomic E-state index is -0.280. The number of para-hydroxylation sites is 1. The van der Waals surface area contributed by atoms with Crippen molar-refractivity contribution in [3.05, 3.63) is 35.9 Å². The fourth-order valence-corrected chi connectivity index (χ4v) is 2.44. The molecule has 1 atom stereocenters. The number of aromatic nitrogens is 1. The molecular weight excluding hydrogens is 262 g/mol. The van der Waals surface area contributed by atoms with Gasteiger partial charge in [0.05, 0.1) is 5.52 Å². The van der Waals surface area contributed by atoms with E-state index in [0.29, 0.717) is 0 Å². The van der Waals surface area contributed by atoms with Crippen LogP contribution in [0.15, 0.2) is 30.3 Å². The highest BCUT2D eigenvalue weighted by atomic mass is 16.2. The van der Waals surface area contributed by atoms with Gasteiger partial charge in [-0.05, 0) is 45.4 Å². The van der Waals surface area contributed by atoms with Gasteiger partial charge in [-0.1, -0.05) is 18.2 Å². The third-order valence-corrected chi connectivity index (χ3v) is 3.71. The van der Waals surface area contributed by atoms with Crippen LogP contribution < -0.4 is 5.32 Å². The predicted octanol–water partition coefficient (Wildman–Crippen LogP) is 3.21. The molecule has 1 amide bonds. The van der Waals surface area contributed by atoms with E-state index < -0.39 is 0 Å². The molecule has 1 aromatic carbocycles. The standard InChI is InChI=1S/C17H23N3O/c1-5-20(6-2)17(21)13(4)18-16-12(3)11-14-9-7-8-10-15(14)19-16/h7-11,13H,5-6H2,1-4H3,(H,18,19). The van der Waals surface area contributed by atoms with Gasteiger partial charge in [0.15, 0.2) is 0 Å². The second kappa shape index (κ2) is 6.57. The lowest BCUT2D eigenvalue weighted by Crippen LogP contribution is -2.41. The largest absolute Gasteiger partial charge is 0.358 e. The molecular formula is C17H23N3O. The zero-order chi connectivity index (χ0) is 15.4. The van der Waals surface area contributed by atoms with E-state index in [2.05, 4.69) is 16.4 Å². The lowest BCUT2D eigenvalue weighted by Gasteiger charge is -2.24. The summed E-state index contributed by atoms with van der Waals surface area (Å²) in [5, 5.41) is 4.36. The molecule has 2 rings (SSSR count). The number of fused-ring (bicyclic) bond motifs is 1. The van der Waals surface area contributed by atoms with E-state index in [4.69, 9.17) is 0 Å². The van der Waals surface area contributed by atoms with Crippen molar-refractivity contribution in [2.45, 2.75) is 33.7 Å². The summed E-state index contributed by atoms with van der Waals surface area (Å²) in [4.78, 5) is 18.8. The van der Waals surface area contributed by atoms with Gasteiger partial charge in [0.1, 0.15) is 11.9 Å². The third kappa shape index (κ3) is 3.32. The number of carbonyl (C=O) groups is 1. The number of amides is 1. The van der Waals surface area contributed by atoms with Gasteiger partial charge in [-0.15, -0.1) is 0 Å². The summed E-state index contributed by atoms with van der Waals surface area (Å²) in [5.41, 5.74) is 1.99. The van der Waals surface area contributed by atoms with E-state index in [0.717, 1.165) is 35.4 Å². The van der Waals surface area contributed by atoms with Gasteiger partial charge >= 0.3 is 0 Å². The molecule has 112 valence electrons. The van der Waals surface area contributed by atoms with Gasteiger partial charge in [0.2, 0.25) is 5.91 Å². The normalized spacial score (nSPS) is 12.2. The number of carbonyl (C=O) groups excluding carboxylic acids is 1. The molecule has 0 fully saturated rings. The molecule has 2 aromatic rings. The first-order chi connectivity index (χ1) is 10.1. The van der Waals surface area contributed by atoms with Crippen molar-refractivity contribution in [1.82, 2.24) is 9.88 Å². The number of nitrogens with zero attached hydrogens (tertiary/aromatic N) is 2. The van der Waals surface area contributed by atoms with Gasteiger partial charge in [-0.2, -0.15) is 0 Å². The fourth-order valence-electron chi connectivity index (χ4n) is 2.44. The third-order valence-electron chi connectivity index (χ3n) is 3.71. The first-order valence-corrected chi connectivity index (χ1v) is 7.48. The first kappa shape index (κ1) is 15.3. The summed E-state index contributed by atoms with van der Waals surface area (Å²) in [6.45, 7) is 9.34. The molecule has 0 radical (unpaired) electrons. The van der Waals surface area contributed by atoms with Crippen LogP contribution in [0.4, 0.5) is 5.82 Å². The molecule has 0 aliphatic carbocycles. The zero-order valence-corrected chi connectivity index (χ0v) is 13.2. The monoisotopic (exact) mass is 285 g/mol. The molecule has 0 spiro atoms. The van der Waals surface area contributed by atoms with E-state index in [1.54, 1.807) is 0 Å². The maximum atomic E-state index is 12.3. The van der Waals surface area contributed by atoms with Crippen LogP contribution >= 0.6 is 0 Å². The van der Waals surface area contributed by atoms with Crippen molar-refractivity contribution in [2.75, 3.05) is 18.4 Å². The number of benzene rings is 1. The Bertz CT molecular complexity index is 635. The molecule has 0 aliphatic heterocycles. The number of nitrogens with one attached hydrogen (secondary N) is 1. The molecule has 0 saturated heterocycles. The maximum absolute atomic E-state index is 12.3. The van der Waals surface area contributed by atoms with Crippen LogP contribution in [0, 0.1) is 6.92 Å². The summed E-state index contributed by atoms with van der Waals surface area (Å²) in [6.07, 6.45) is 0. The molecule has 4 heteroatoms. The lowest BCUT2D eigenvalue weighted by atomic mass is 10.1. The van der Waals surface area contributed by atoms with E-state index >= 15 is 0 Å². The van der Waals surface area contributed by atoms with Crippen LogP contribution in [0.2, 0.25) is 0 Å². The minimum Gasteiger partial charge on any atom is -0.358 e. The predicted molar refractivity (Wildman–Crippen MR) is 87.5 cm³/mol. The van der Waals surface area contributed by atoms with Crippen LogP contribution in [0.5, 0.6) is 0 Å². The van der Waals surface area contributed by atoms with Gasteiger partial charge in [0.25, 0.3) is 0 Å². The van der Waals surface area contributed by atoms with E-state index in [-0.39, 0.29) is 11.9 Å². The van der Waals surface area contributed by atoms with Crippen molar-refractivity contribution < 1.29 is 4.79 Å². The van der Waals surface area contributed by atoms with Crippen molar-refractivity contribution in [3.8, 4) is 0 Å². The molecule has 4 nitrogen and oxygen atoms in total. The van der Waals surface area contributed by atoms with Crippen LogP contribution in [-0.2, 0) is 4.79 Å². The summed E-state index contributed by atoms with van der Waals surface area (Å²) in [6, 6.07) is 9.82. The highest BCUT2D eigenvalue weighted by Gasteiger charge is 2.19. The average molecular weight is 285 g/mol. The number of hydrogen-bond donors (Lipinski definition) is 1. The number of pyridine rings is 1. The number of anilines is 1. The Morgan fingerprint density at radius 2 is 1.95 bits per heavy atom. The zero-order valence-electron chi connectivity index (χ0n) is 13.2. The molecule has 1 heterocycles. The summed E-state index contributed by atoms with van der Waals surface area (Å²) in [7, 11) is 0. The van der Waals surface area contributed by atoms with E-state index in [9.17, 15) is 4.79 Å². The van der Waals surface area contributed by atoms with Crippen LogP contribution in [0.1, 0.15) is 26.3 Å². The van der Waals surface area contributed by atoms with Gasteiger partial charge in [0, 0.05) is 18.5 Å². The van der Waals surface area contributed by atoms with Gasteiger partial charge in [-0.3, -0.25) is 4.79 Å². The average Bonchev–Trinajstić information content (AvgIpc) is 2.49. The molecule has 1 aromatic heterocycles. The van der Waals surface area contributed by atoms with Crippen molar-refractivity contribution in [3.63, 3.8) is 0 Å². The second-order valence-electron chi connectivity index (χ2n) is 5.22. The SMILES string of the molecule is CCN(CC)C(=O)C(C)Nc1nc2ccccc2cc1C. The topological polar surface area (TPSA) is 45.2 Å². The molecule has 21 heavy (non-hydrogen) atoms. The Morgan fingerprint density at radius 1 is 1.29 bits per heavy atom. The Morgan fingerprint density at radius 3 is 2.62 bits per heavy atom. The molecule has 1 unspecified atom stereocenters. The summed E-state index contributed by atoms with van der Waals surface area (Å²) < 4.78 is 0. The van der Waals surface area contributed by atoms with Crippen molar-refractivity contribution in [2.24, 2.45) is 0 Å². The van der Waals surface area contributed by atoms with Crippen LogP contribution in [0.3, 0.4) is 0 Å². The number of aryl methyl sites for hydroxylation is 1. The maximum Gasteiger partial charge on any atom is 0.244 e. The summed E-state index contributed by atoms with van der Waals surface area (Å²) >= 11 is 0. The smallest absolute Gasteiger partial charge is 0.244 e. The Labute approximate surface area is 126 Å². The Hall–Kier alpha value is -2.10. The van der Waals surface area contributed by atoms with Crippen molar-refractivity contribution in [1.29, 1.82) is 0 Å². The number of hydrogen-bond acceptors (Lipinski definition) is 3. The molecule has 0 saturated carbocycles. The molecule has 0 aliphatic rings.